The fraction of sp³-hybridized carbons (Fsp3) is 0.731. The number of hydrogen-bond donors (Lipinski definition) is 3. The molecule has 0 radical (unpaired) electrons. The van der Waals surface area contributed by atoms with E-state index in [1.165, 1.54) is 0 Å². The van der Waals surface area contributed by atoms with Gasteiger partial charge in [-0.2, -0.15) is 4.98 Å². The lowest BCUT2D eigenvalue weighted by Crippen LogP contribution is -2.70. The molecule has 1 aromatic rings. The van der Waals surface area contributed by atoms with Crippen LogP contribution in [-0.4, -0.2) is 94.5 Å². The highest BCUT2D eigenvalue weighted by atomic mass is 31.2. The van der Waals surface area contributed by atoms with Crippen molar-refractivity contribution in [1.82, 2.24) is 9.97 Å². The number of carbonyl (C=O) groups excluding carboxylic acids is 3. The maximum Gasteiger partial charge on any atom is 0.475 e. The van der Waals surface area contributed by atoms with E-state index >= 15 is 0 Å². The first kappa shape index (κ1) is 34.6. The molecule has 0 saturated carbocycles. The summed E-state index contributed by atoms with van der Waals surface area (Å²) in [5.74, 6) is -1.05. The minimum Gasteiger partial charge on any atom is -0.443 e. The summed E-state index contributed by atoms with van der Waals surface area (Å²) < 4.78 is 50.6. The summed E-state index contributed by atoms with van der Waals surface area (Å²) in [5, 5.41) is 14.2. The van der Waals surface area contributed by atoms with Crippen LogP contribution in [0.15, 0.2) is 4.79 Å². The number of rotatable bonds is 2. The molecule has 3 amide bonds. The van der Waals surface area contributed by atoms with Crippen molar-refractivity contribution in [3.8, 4) is 0 Å². The summed E-state index contributed by atoms with van der Waals surface area (Å²) in [6.45, 7) is 13.9. The van der Waals surface area contributed by atoms with Crippen LogP contribution in [0.2, 0.25) is 0 Å². The third kappa shape index (κ3) is 7.58. The van der Waals surface area contributed by atoms with Crippen LogP contribution in [0.1, 0.15) is 62.3 Å². The molecule has 4 rings (SSSR count). The summed E-state index contributed by atoms with van der Waals surface area (Å²) >= 11 is 0. The number of ether oxygens (including phenoxy) is 4. The Morgan fingerprint density at radius 3 is 2.07 bits per heavy atom. The second-order valence-electron chi connectivity index (χ2n) is 13.5. The number of carbonyl (C=O) groups is 3. The van der Waals surface area contributed by atoms with Gasteiger partial charge in [0.1, 0.15) is 46.8 Å². The van der Waals surface area contributed by atoms with E-state index in [0.717, 1.165) is 12.0 Å². The predicted molar refractivity (Wildman–Crippen MR) is 156 cm³/mol. The topological polar surface area (TPSA) is 217 Å². The minimum absolute atomic E-state index is 0.343. The molecule has 2 saturated heterocycles. The van der Waals surface area contributed by atoms with E-state index in [1.807, 2.05) is 0 Å². The van der Waals surface area contributed by atoms with E-state index in [-0.39, 0.29) is 12.3 Å². The first-order valence-electron chi connectivity index (χ1n) is 14.0. The van der Waals surface area contributed by atoms with Crippen LogP contribution in [0.5, 0.6) is 0 Å². The van der Waals surface area contributed by atoms with Gasteiger partial charge < -0.3 is 29.4 Å². The number of hydrogen-bond acceptors (Lipinski definition) is 15. The van der Waals surface area contributed by atoms with Gasteiger partial charge in [0, 0.05) is 7.11 Å². The molecule has 18 nitrogen and oxygen atoms in total. The van der Waals surface area contributed by atoms with E-state index in [2.05, 4.69) is 15.3 Å². The molecule has 0 bridgehead atoms. The maximum absolute atomic E-state index is 13.7. The lowest BCUT2D eigenvalue weighted by atomic mass is 9.94. The molecule has 19 heteroatoms. The van der Waals surface area contributed by atoms with Crippen LogP contribution in [0.25, 0.3) is 0 Å². The number of phosphoric acid groups is 1. The van der Waals surface area contributed by atoms with E-state index < -0.39 is 90.8 Å². The van der Waals surface area contributed by atoms with Gasteiger partial charge in [-0.25, -0.2) is 23.8 Å². The Morgan fingerprint density at radius 2 is 1.56 bits per heavy atom. The quantitative estimate of drug-likeness (QED) is 0.306. The summed E-state index contributed by atoms with van der Waals surface area (Å²) in [4.78, 5) is 61.7. The van der Waals surface area contributed by atoms with Crippen LogP contribution < -0.4 is 20.7 Å². The fourth-order valence-corrected chi connectivity index (χ4v) is 5.67. The Hall–Kier alpha value is -3.28. The highest BCUT2D eigenvalue weighted by molar-refractivity contribution is 7.48. The summed E-state index contributed by atoms with van der Waals surface area (Å²) in [6.07, 6.45) is -8.74. The Kier molecular flexibility index (Phi) is 9.09. The Morgan fingerprint density at radius 1 is 1.00 bits per heavy atom. The molecule has 2 fully saturated rings. The number of phosphoric ester groups is 1. The number of anilines is 3. The van der Waals surface area contributed by atoms with Gasteiger partial charge in [0.15, 0.2) is 12.0 Å². The molecule has 1 aromatic heterocycles. The van der Waals surface area contributed by atoms with Crippen LogP contribution >= 0.6 is 7.82 Å². The monoisotopic (exact) mass is 661 g/mol. The Balaban J connectivity index is 1.85. The molecule has 0 aromatic carbocycles. The fourth-order valence-electron chi connectivity index (χ4n) is 4.53. The van der Waals surface area contributed by atoms with Gasteiger partial charge in [-0.05, 0) is 62.3 Å². The van der Waals surface area contributed by atoms with Crippen molar-refractivity contribution in [3.05, 3.63) is 10.4 Å². The number of amides is 3. The van der Waals surface area contributed by atoms with Gasteiger partial charge in [0.25, 0.3) is 5.56 Å². The van der Waals surface area contributed by atoms with Gasteiger partial charge in [0.05, 0.1) is 6.61 Å². The highest BCUT2D eigenvalue weighted by Crippen LogP contribution is 2.55. The Labute approximate surface area is 259 Å². The first-order chi connectivity index (χ1) is 20.5. The molecule has 45 heavy (non-hydrogen) atoms. The third-order valence-corrected chi connectivity index (χ3v) is 7.61. The first-order valence-corrected chi connectivity index (χ1v) is 15.5. The van der Waals surface area contributed by atoms with Crippen molar-refractivity contribution in [3.63, 3.8) is 0 Å². The third-order valence-electron chi connectivity index (χ3n) is 6.20. The lowest BCUT2D eigenvalue weighted by Gasteiger charge is -2.51. The number of imide groups is 1. The van der Waals surface area contributed by atoms with Crippen molar-refractivity contribution >= 4 is 43.6 Å². The van der Waals surface area contributed by atoms with Gasteiger partial charge in [0.2, 0.25) is 5.95 Å². The van der Waals surface area contributed by atoms with Crippen molar-refractivity contribution in [1.29, 1.82) is 0 Å². The maximum atomic E-state index is 13.7. The van der Waals surface area contributed by atoms with Crippen LogP contribution in [0.3, 0.4) is 0 Å². The number of nitrogens with one attached hydrogen (secondary N) is 2. The van der Waals surface area contributed by atoms with Crippen molar-refractivity contribution in [2.75, 3.05) is 28.8 Å². The molecule has 3 N–H and O–H groups in total. The van der Waals surface area contributed by atoms with E-state index in [0.29, 0.717) is 4.90 Å². The van der Waals surface area contributed by atoms with Crippen molar-refractivity contribution < 1.29 is 56.6 Å². The lowest BCUT2D eigenvalue weighted by molar-refractivity contribution is -0.198. The number of aromatic amines is 1. The number of aliphatic hydroxyl groups is 1. The predicted octanol–water partition coefficient (Wildman–Crippen LogP) is 3.24. The minimum atomic E-state index is -4.02. The zero-order chi connectivity index (χ0) is 33.9. The van der Waals surface area contributed by atoms with Gasteiger partial charge >= 0.3 is 26.1 Å². The second-order valence-corrected chi connectivity index (χ2v) is 15.2. The SMILES string of the molecule is COP1(=O)OC[C@H]2OC3C(Nc4c(nc(N(C(=O)OC(C)(C)C)C(=O)OC(C)(C)C)[nH]c4=O)N3C(=O)OC(C)(C)C)[C@@H](O)[C@H]2O1. The standard InChI is InChI=1S/C26H40N5O13P/c1-24(2,3)41-21(34)30-17-14(27-13-15(32)16-12(40-19(13)30)11-39-45(37,38-10)44-16)18(33)29-20(28-17)31(22(35)42-25(4,5)6)23(36)43-26(7,8)9/h12-13,15-16,19,27,32H,11H2,1-10H3,(H,28,29,33)/t12-,13?,15-,16+,19?,45?/m1/s1. The second kappa shape index (κ2) is 11.8. The smallest absolute Gasteiger partial charge is 0.443 e. The zero-order valence-corrected chi connectivity index (χ0v) is 27.6. The molecular weight excluding hydrogens is 621 g/mol. The summed E-state index contributed by atoms with van der Waals surface area (Å²) in [5.41, 5.74) is -4.48. The van der Waals surface area contributed by atoms with Crippen molar-refractivity contribution in [2.24, 2.45) is 0 Å². The number of nitrogens with zero attached hydrogens (tertiary/aromatic N) is 3. The van der Waals surface area contributed by atoms with Gasteiger partial charge in [-0.3, -0.25) is 23.3 Å². The average Bonchev–Trinajstić information content (AvgIpc) is 2.85. The van der Waals surface area contributed by atoms with E-state index in [1.54, 1.807) is 62.3 Å². The number of H-pyrrole nitrogens is 1. The van der Waals surface area contributed by atoms with E-state index in [9.17, 15) is 28.8 Å². The van der Waals surface area contributed by atoms with E-state index in [4.69, 9.17) is 32.5 Å². The molecule has 3 unspecified atom stereocenters. The van der Waals surface area contributed by atoms with Crippen LogP contribution in [0, 0.1) is 0 Å². The molecule has 0 aliphatic carbocycles. The van der Waals surface area contributed by atoms with Gasteiger partial charge in [-0.15, -0.1) is 4.90 Å². The normalized spacial score (nSPS) is 28.1. The molecule has 3 aliphatic rings. The highest BCUT2D eigenvalue weighted by Gasteiger charge is 2.57. The van der Waals surface area contributed by atoms with Crippen LogP contribution in [0.4, 0.5) is 31.8 Å². The largest absolute Gasteiger partial charge is 0.475 e. The number of aliphatic hydroxyl groups excluding tert-OH is 1. The van der Waals surface area contributed by atoms with Crippen molar-refractivity contribution in [2.45, 2.75) is 110 Å². The molecule has 252 valence electrons. The molecule has 4 heterocycles. The zero-order valence-electron chi connectivity index (χ0n) is 26.7. The van der Waals surface area contributed by atoms with Gasteiger partial charge in [-0.1, -0.05) is 0 Å². The summed E-state index contributed by atoms with van der Waals surface area (Å²) in [6, 6.07) is -1.25. The average molecular weight is 662 g/mol. The molecule has 0 spiro atoms. The summed E-state index contributed by atoms with van der Waals surface area (Å²) in [7, 11) is -2.91. The number of fused-ring (bicyclic) bond motifs is 3. The number of aromatic nitrogens is 2. The molecular formula is C26H40N5O13P. The molecule has 6 atom stereocenters. The Bertz CT molecular complexity index is 1420. The van der Waals surface area contributed by atoms with Crippen LogP contribution in [-0.2, 0) is 37.1 Å². The molecule has 3 aliphatic heterocycles.